The number of urea groups is 1. The highest BCUT2D eigenvalue weighted by Crippen LogP contribution is 2.41. The fourth-order valence-electron chi connectivity index (χ4n) is 4.17. The molecule has 0 aromatic heterocycles. The molecule has 3 aromatic carbocycles. The van der Waals surface area contributed by atoms with Crippen LogP contribution in [0, 0.1) is 0 Å². The van der Waals surface area contributed by atoms with Gasteiger partial charge in [0.05, 0.1) is 11.4 Å². The Bertz CT molecular complexity index is 1430. The van der Waals surface area contributed by atoms with Crippen LogP contribution in [0.15, 0.2) is 96.4 Å². The monoisotopic (exact) mass is 529 g/mol. The third-order valence-corrected chi connectivity index (χ3v) is 6.08. The number of anilines is 2. The summed E-state index contributed by atoms with van der Waals surface area (Å²) in [6.07, 6.45) is 3.81. The van der Waals surface area contributed by atoms with Gasteiger partial charge in [-0.1, -0.05) is 74.8 Å². The zero-order valence-corrected chi connectivity index (χ0v) is 22.2. The number of benzene rings is 3. The van der Waals surface area contributed by atoms with E-state index in [9.17, 15) is 14.4 Å². The molecule has 0 bridgehead atoms. The number of imide groups is 2. The van der Waals surface area contributed by atoms with Gasteiger partial charge in [-0.05, 0) is 60.0 Å². The quantitative estimate of drug-likeness (QED) is 0.294. The average molecular weight is 530 g/mol. The van der Waals surface area contributed by atoms with Crippen LogP contribution >= 0.6 is 11.6 Å². The molecule has 0 spiro atoms. The molecule has 0 saturated carbocycles. The number of allylic oxidation sites excluding steroid dienone is 2. The topological polar surface area (TPSA) is 79.0 Å². The van der Waals surface area contributed by atoms with Gasteiger partial charge in [-0.25, -0.2) is 9.69 Å². The first-order valence-corrected chi connectivity index (χ1v) is 12.9. The number of rotatable bonds is 5. The number of halogens is 1. The lowest BCUT2D eigenvalue weighted by Crippen LogP contribution is -2.54. The first-order chi connectivity index (χ1) is 18.5. The molecule has 0 atom stereocenters. The third kappa shape index (κ3) is 5.33. The Labute approximate surface area is 227 Å². The van der Waals surface area contributed by atoms with Crippen LogP contribution in [0.5, 0.6) is 5.75 Å². The van der Waals surface area contributed by atoms with E-state index in [1.807, 2.05) is 61.2 Å². The molecule has 3 aromatic rings. The number of hydrogen-bond donors (Lipinski definition) is 1. The normalized spacial score (nSPS) is 16.7. The summed E-state index contributed by atoms with van der Waals surface area (Å²) in [5.41, 5.74) is 3.12. The molecule has 0 radical (unpaired) electrons. The van der Waals surface area contributed by atoms with Crippen LogP contribution in [0.25, 0.3) is 11.1 Å². The molecular weight excluding hydrogens is 502 g/mol. The van der Waals surface area contributed by atoms with Crippen molar-refractivity contribution >= 4 is 40.8 Å². The van der Waals surface area contributed by atoms with Gasteiger partial charge >= 0.3 is 6.03 Å². The van der Waals surface area contributed by atoms with E-state index in [2.05, 4.69) is 18.3 Å². The van der Waals surface area contributed by atoms with E-state index >= 15 is 0 Å². The van der Waals surface area contributed by atoms with Crippen LogP contribution in [0.3, 0.4) is 0 Å². The summed E-state index contributed by atoms with van der Waals surface area (Å²) in [5, 5.41) is 2.58. The number of amides is 4. The van der Waals surface area contributed by atoms with Crippen molar-refractivity contribution in [2.45, 2.75) is 27.2 Å². The fourth-order valence-corrected chi connectivity index (χ4v) is 4.36. The van der Waals surface area contributed by atoms with E-state index in [4.69, 9.17) is 16.3 Å². The molecule has 4 amide bonds. The van der Waals surface area contributed by atoms with Crippen molar-refractivity contribution in [2.75, 3.05) is 16.3 Å². The van der Waals surface area contributed by atoms with E-state index < -0.39 is 17.8 Å². The first-order valence-electron chi connectivity index (χ1n) is 12.5. The lowest BCUT2D eigenvalue weighted by Gasteiger charge is -2.26. The Morgan fingerprint density at radius 1 is 0.895 bits per heavy atom. The van der Waals surface area contributed by atoms with Crippen molar-refractivity contribution in [1.29, 1.82) is 0 Å². The highest BCUT2D eigenvalue weighted by molar-refractivity contribution is 6.38. The average Bonchev–Trinajstić information content (AvgIpc) is 3.27. The molecule has 1 saturated heterocycles. The molecule has 7 nitrogen and oxygen atoms in total. The molecule has 1 N–H and O–H groups in total. The Morgan fingerprint density at radius 3 is 2.37 bits per heavy atom. The van der Waals surface area contributed by atoms with Gasteiger partial charge in [-0.15, -0.1) is 0 Å². The summed E-state index contributed by atoms with van der Waals surface area (Å²) >= 11 is 6.03. The number of nitrogens with one attached hydrogen (secondary N) is 1. The van der Waals surface area contributed by atoms with Gasteiger partial charge in [0, 0.05) is 11.6 Å². The lowest BCUT2D eigenvalue weighted by molar-refractivity contribution is -0.122. The second-order valence-electron chi connectivity index (χ2n) is 8.27. The van der Waals surface area contributed by atoms with Crippen LogP contribution in [-0.2, 0) is 9.59 Å². The minimum Gasteiger partial charge on any atom is -0.439 e. The van der Waals surface area contributed by atoms with E-state index in [1.54, 1.807) is 24.3 Å². The fraction of sp³-hybridized carbons (Fsp3) is 0.167. The zero-order valence-electron chi connectivity index (χ0n) is 21.4. The van der Waals surface area contributed by atoms with Gasteiger partial charge in [-0.2, -0.15) is 0 Å². The third-order valence-electron chi connectivity index (χ3n) is 5.85. The molecule has 38 heavy (non-hydrogen) atoms. The highest BCUT2D eigenvalue weighted by Gasteiger charge is 2.37. The van der Waals surface area contributed by atoms with E-state index in [0.29, 0.717) is 23.2 Å². The van der Waals surface area contributed by atoms with Crippen molar-refractivity contribution in [2.24, 2.45) is 0 Å². The van der Waals surface area contributed by atoms with Crippen LogP contribution < -0.4 is 19.9 Å². The first kappa shape index (κ1) is 26.7. The Balaban J connectivity index is 0.00000164. The molecule has 8 heteroatoms. The van der Waals surface area contributed by atoms with Gasteiger partial charge in [0.1, 0.15) is 5.57 Å². The zero-order chi connectivity index (χ0) is 27.2. The Morgan fingerprint density at radius 2 is 1.66 bits per heavy atom. The Kier molecular flexibility index (Phi) is 8.28. The standard InChI is InChI=1S/C28H22ClN3O4.C2H6/c1-2-15-31-23-16-19(18-7-4-3-5-8-18)11-13-24(23)36-25(31)14-12-22-26(33)30-28(35)32(27(22)34)21-10-6-9-20(29)17-21;1-2/h3-14,16-17H,2,15H2,1H3,(H,30,33,35);1-2H3/b22-12+,25-14-;. The number of nitrogens with zero attached hydrogens (tertiary/aromatic N) is 2. The summed E-state index contributed by atoms with van der Waals surface area (Å²) < 4.78 is 6.07. The maximum absolute atomic E-state index is 13.1. The molecule has 0 aliphatic carbocycles. The maximum atomic E-state index is 13.1. The predicted molar refractivity (Wildman–Crippen MR) is 150 cm³/mol. The SMILES string of the molecule is CC.CCCN1/C(=C/C=C2\C(=O)NC(=O)N(c3cccc(Cl)c3)C2=O)Oc2ccc(-c3ccccc3)cc21. The number of hydrogen-bond acceptors (Lipinski definition) is 5. The lowest BCUT2D eigenvalue weighted by atomic mass is 10.0. The van der Waals surface area contributed by atoms with Gasteiger partial charge in [0.2, 0.25) is 5.88 Å². The van der Waals surface area contributed by atoms with Gasteiger partial charge in [0.15, 0.2) is 5.75 Å². The number of carbonyl (C=O) groups is 3. The minimum absolute atomic E-state index is 0.192. The molecule has 2 aliphatic rings. The molecular formula is C30H28ClN3O4. The molecule has 2 aliphatic heterocycles. The minimum atomic E-state index is -0.831. The van der Waals surface area contributed by atoms with Gasteiger partial charge in [0.25, 0.3) is 11.8 Å². The molecule has 2 heterocycles. The van der Waals surface area contributed by atoms with Crippen LogP contribution in [0.2, 0.25) is 5.02 Å². The number of ether oxygens (including phenoxy) is 1. The molecule has 194 valence electrons. The second kappa shape index (κ2) is 11.8. The summed E-state index contributed by atoms with van der Waals surface area (Å²) in [6.45, 7) is 6.73. The number of fused-ring (bicyclic) bond motifs is 1. The van der Waals surface area contributed by atoms with Crippen molar-refractivity contribution in [1.82, 2.24) is 5.32 Å². The van der Waals surface area contributed by atoms with Gasteiger partial charge < -0.3 is 9.64 Å². The second-order valence-corrected chi connectivity index (χ2v) is 8.70. The Hall–Kier alpha value is -4.36. The van der Waals surface area contributed by atoms with Gasteiger partial charge in [-0.3, -0.25) is 14.9 Å². The van der Waals surface area contributed by atoms with E-state index in [-0.39, 0.29) is 11.3 Å². The summed E-state index contributed by atoms with van der Waals surface area (Å²) in [4.78, 5) is 41.0. The molecule has 5 rings (SSSR count). The smallest absolute Gasteiger partial charge is 0.335 e. The number of carbonyl (C=O) groups excluding carboxylic acids is 3. The van der Waals surface area contributed by atoms with Crippen molar-refractivity contribution in [3.8, 4) is 16.9 Å². The highest BCUT2D eigenvalue weighted by atomic mass is 35.5. The van der Waals surface area contributed by atoms with Crippen LogP contribution in [-0.4, -0.2) is 24.4 Å². The van der Waals surface area contributed by atoms with Crippen molar-refractivity contribution in [3.05, 3.63) is 101 Å². The summed E-state index contributed by atoms with van der Waals surface area (Å²) in [6, 6.07) is 21.5. The van der Waals surface area contributed by atoms with Crippen molar-refractivity contribution < 1.29 is 19.1 Å². The van der Waals surface area contributed by atoms with Crippen LogP contribution in [0.4, 0.5) is 16.2 Å². The predicted octanol–water partition coefficient (Wildman–Crippen LogP) is 6.69. The summed E-state index contributed by atoms with van der Waals surface area (Å²) in [7, 11) is 0. The molecule has 0 unspecified atom stereocenters. The largest absolute Gasteiger partial charge is 0.439 e. The number of barbiturate groups is 1. The molecule has 1 fully saturated rings. The van der Waals surface area contributed by atoms with E-state index in [1.165, 1.54) is 12.1 Å². The van der Waals surface area contributed by atoms with E-state index in [0.717, 1.165) is 28.1 Å². The van der Waals surface area contributed by atoms with Crippen molar-refractivity contribution in [3.63, 3.8) is 0 Å². The van der Waals surface area contributed by atoms with Crippen LogP contribution in [0.1, 0.15) is 27.2 Å². The summed E-state index contributed by atoms with van der Waals surface area (Å²) in [5.74, 6) is -0.352. The maximum Gasteiger partial charge on any atom is 0.335 e.